The molecule has 0 saturated carbocycles. The summed E-state index contributed by atoms with van der Waals surface area (Å²) in [6.07, 6.45) is 3.41. The van der Waals surface area contributed by atoms with Gasteiger partial charge in [0.15, 0.2) is 11.6 Å². The van der Waals surface area contributed by atoms with Crippen molar-refractivity contribution in [2.45, 2.75) is 19.8 Å². The number of aromatic nitrogens is 2. The maximum atomic E-state index is 12.7. The van der Waals surface area contributed by atoms with Crippen LogP contribution < -0.4 is 19.7 Å². The highest BCUT2D eigenvalue weighted by atomic mass is 16.5. The van der Waals surface area contributed by atoms with Crippen molar-refractivity contribution in [2.24, 2.45) is 5.92 Å². The number of rotatable bonds is 9. The van der Waals surface area contributed by atoms with E-state index in [1.807, 2.05) is 55.5 Å². The number of carbonyl (C=O) groups excluding carboxylic acids is 1. The van der Waals surface area contributed by atoms with Gasteiger partial charge in [-0.2, -0.15) is 0 Å². The van der Waals surface area contributed by atoms with E-state index in [1.54, 1.807) is 6.26 Å². The molecule has 1 aliphatic rings. The van der Waals surface area contributed by atoms with Gasteiger partial charge in [0, 0.05) is 13.1 Å². The van der Waals surface area contributed by atoms with Crippen molar-refractivity contribution >= 4 is 11.7 Å². The highest BCUT2D eigenvalue weighted by Gasteiger charge is 2.26. The predicted octanol–water partition coefficient (Wildman–Crippen LogP) is 3.55. The fraction of sp³-hybridized carbons (Fsp3) is 0.375. The van der Waals surface area contributed by atoms with Crippen molar-refractivity contribution in [1.29, 1.82) is 0 Å². The summed E-state index contributed by atoms with van der Waals surface area (Å²) in [6.45, 7) is 4.94. The van der Waals surface area contributed by atoms with Crippen LogP contribution in [0.15, 0.2) is 59.2 Å². The summed E-state index contributed by atoms with van der Waals surface area (Å²) in [7, 11) is 0. The Kier molecular flexibility index (Phi) is 7.22. The van der Waals surface area contributed by atoms with E-state index >= 15 is 0 Å². The van der Waals surface area contributed by atoms with Gasteiger partial charge in [0.05, 0.1) is 25.3 Å². The van der Waals surface area contributed by atoms with Crippen molar-refractivity contribution < 1.29 is 18.7 Å². The molecule has 3 aromatic rings. The first kappa shape index (κ1) is 21.7. The molecule has 8 heteroatoms. The van der Waals surface area contributed by atoms with Crippen LogP contribution >= 0.6 is 0 Å². The maximum absolute atomic E-state index is 12.7. The quantitative estimate of drug-likeness (QED) is 0.513. The third kappa shape index (κ3) is 5.57. The number of hydrogen-bond acceptors (Lipinski definition) is 7. The molecule has 32 heavy (non-hydrogen) atoms. The Morgan fingerprint density at radius 3 is 2.62 bits per heavy atom. The van der Waals surface area contributed by atoms with E-state index in [0.717, 1.165) is 36.7 Å². The molecule has 1 atom stereocenters. The van der Waals surface area contributed by atoms with Crippen LogP contribution in [0.1, 0.15) is 19.8 Å². The van der Waals surface area contributed by atoms with E-state index in [9.17, 15) is 4.79 Å². The Balaban J connectivity index is 1.22. The number of piperidine rings is 1. The van der Waals surface area contributed by atoms with Crippen LogP contribution in [0.4, 0.5) is 5.82 Å². The van der Waals surface area contributed by atoms with E-state index in [4.69, 9.17) is 13.9 Å². The first-order valence-corrected chi connectivity index (χ1v) is 11.0. The lowest BCUT2D eigenvalue weighted by molar-refractivity contribution is -0.125. The van der Waals surface area contributed by atoms with Crippen LogP contribution in [0, 0.1) is 5.92 Å². The van der Waals surface area contributed by atoms with E-state index in [2.05, 4.69) is 20.4 Å². The van der Waals surface area contributed by atoms with Crippen molar-refractivity contribution in [3.63, 3.8) is 0 Å². The number of furan rings is 1. The molecule has 8 nitrogen and oxygen atoms in total. The van der Waals surface area contributed by atoms with Gasteiger partial charge in [0.25, 0.3) is 0 Å². The molecule has 3 heterocycles. The first-order chi connectivity index (χ1) is 15.7. The predicted molar refractivity (Wildman–Crippen MR) is 121 cm³/mol. The van der Waals surface area contributed by atoms with Gasteiger partial charge in [-0.25, -0.2) is 0 Å². The summed E-state index contributed by atoms with van der Waals surface area (Å²) in [5, 5.41) is 11.6. The normalized spacial score (nSPS) is 15.9. The molecule has 1 fully saturated rings. The Hall–Kier alpha value is -3.55. The van der Waals surface area contributed by atoms with Crippen LogP contribution in [0.3, 0.4) is 0 Å². The Labute approximate surface area is 187 Å². The molecule has 4 rings (SSSR count). The molecule has 0 spiro atoms. The second-order valence-electron chi connectivity index (χ2n) is 7.58. The largest absolute Gasteiger partial charge is 0.494 e. The molecule has 0 bridgehead atoms. The number of carbonyl (C=O) groups is 1. The molecule has 1 saturated heterocycles. The SMILES string of the molecule is CCOc1ccc(OCCNC(=O)C2CCCN(c3ccc(-c4ccco4)nn3)C2)cc1. The van der Waals surface area contributed by atoms with Gasteiger partial charge in [0.2, 0.25) is 5.91 Å². The average Bonchev–Trinajstić information content (AvgIpc) is 3.38. The van der Waals surface area contributed by atoms with Crippen molar-refractivity contribution in [3.05, 3.63) is 54.8 Å². The van der Waals surface area contributed by atoms with E-state index < -0.39 is 0 Å². The van der Waals surface area contributed by atoms with E-state index in [-0.39, 0.29) is 11.8 Å². The monoisotopic (exact) mass is 436 g/mol. The van der Waals surface area contributed by atoms with Crippen LogP contribution in [-0.2, 0) is 4.79 Å². The molecule has 0 aliphatic carbocycles. The molecule has 1 aromatic carbocycles. The van der Waals surface area contributed by atoms with Crippen molar-refractivity contribution in [1.82, 2.24) is 15.5 Å². The van der Waals surface area contributed by atoms with Crippen molar-refractivity contribution in [3.8, 4) is 23.0 Å². The summed E-state index contributed by atoms with van der Waals surface area (Å²) < 4.78 is 16.5. The molecule has 1 unspecified atom stereocenters. The van der Waals surface area contributed by atoms with Gasteiger partial charge in [-0.15, -0.1) is 10.2 Å². The number of hydrogen-bond donors (Lipinski definition) is 1. The molecule has 1 amide bonds. The molecule has 168 valence electrons. The molecule has 1 aliphatic heterocycles. The minimum Gasteiger partial charge on any atom is -0.494 e. The number of benzene rings is 1. The van der Waals surface area contributed by atoms with Gasteiger partial charge in [-0.1, -0.05) is 0 Å². The van der Waals surface area contributed by atoms with E-state index in [1.165, 1.54) is 0 Å². The fourth-order valence-electron chi connectivity index (χ4n) is 3.74. The van der Waals surface area contributed by atoms with Gasteiger partial charge < -0.3 is 24.1 Å². The molecular weight excluding hydrogens is 408 g/mol. The maximum Gasteiger partial charge on any atom is 0.225 e. The van der Waals surface area contributed by atoms with Crippen LogP contribution in [0.25, 0.3) is 11.5 Å². The first-order valence-electron chi connectivity index (χ1n) is 11.0. The second kappa shape index (κ2) is 10.7. The highest BCUT2D eigenvalue weighted by Crippen LogP contribution is 2.23. The average molecular weight is 437 g/mol. The molecule has 2 aromatic heterocycles. The minimum atomic E-state index is -0.0826. The standard InChI is InChI=1S/C24H28N4O4/c1-2-30-19-7-9-20(10-8-19)31-16-13-25-24(29)18-5-3-14-28(17-18)23-12-11-21(26-27-23)22-6-4-15-32-22/h4,6-12,15,18H,2-3,5,13-14,16-17H2,1H3,(H,25,29). The van der Waals surface area contributed by atoms with Crippen molar-refractivity contribution in [2.75, 3.05) is 37.7 Å². The van der Waals surface area contributed by atoms with Gasteiger partial charge in [-0.3, -0.25) is 4.79 Å². The van der Waals surface area contributed by atoms with Gasteiger partial charge in [0.1, 0.15) is 23.8 Å². The lowest BCUT2D eigenvalue weighted by Gasteiger charge is -2.32. The zero-order valence-corrected chi connectivity index (χ0v) is 18.2. The minimum absolute atomic E-state index is 0.0464. The molecule has 0 radical (unpaired) electrons. The summed E-state index contributed by atoms with van der Waals surface area (Å²) in [5.74, 6) is 2.99. The molecule has 1 N–H and O–H groups in total. The smallest absolute Gasteiger partial charge is 0.225 e. The highest BCUT2D eigenvalue weighted by molar-refractivity contribution is 5.79. The third-order valence-corrected chi connectivity index (χ3v) is 5.35. The summed E-state index contributed by atoms with van der Waals surface area (Å²) >= 11 is 0. The Bertz CT molecular complexity index is 974. The Morgan fingerprint density at radius 2 is 1.94 bits per heavy atom. The number of nitrogens with one attached hydrogen (secondary N) is 1. The zero-order valence-electron chi connectivity index (χ0n) is 18.2. The number of nitrogens with zero attached hydrogens (tertiary/aromatic N) is 3. The number of ether oxygens (including phenoxy) is 2. The van der Waals surface area contributed by atoms with Crippen LogP contribution in [-0.4, -0.2) is 49.0 Å². The molecular formula is C24H28N4O4. The van der Waals surface area contributed by atoms with Crippen LogP contribution in [0.5, 0.6) is 11.5 Å². The van der Waals surface area contributed by atoms with Gasteiger partial charge >= 0.3 is 0 Å². The van der Waals surface area contributed by atoms with Crippen LogP contribution in [0.2, 0.25) is 0 Å². The second-order valence-corrected chi connectivity index (χ2v) is 7.58. The lowest BCUT2D eigenvalue weighted by Crippen LogP contribution is -2.44. The topological polar surface area (TPSA) is 89.7 Å². The summed E-state index contributed by atoms with van der Waals surface area (Å²) in [6, 6.07) is 15.0. The number of anilines is 1. The summed E-state index contributed by atoms with van der Waals surface area (Å²) in [5.41, 5.74) is 0.692. The fourth-order valence-corrected chi connectivity index (χ4v) is 3.74. The summed E-state index contributed by atoms with van der Waals surface area (Å²) in [4.78, 5) is 14.8. The number of amides is 1. The third-order valence-electron chi connectivity index (χ3n) is 5.35. The zero-order chi connectivity index (χ0) is 22.2. The van der Waals surface area contributed by atoms with Gasteiger partial charge in [-0.05, 0) is 68.3 Å². The van der Waals surface area contributed by atoms with E-state index in [0.29, 0.717) is 37.8 Å². The lowest BCUT2D eigenvalue weighted by atomic mass is 9.97. The Morgan fingerprint density at radius 1 is 1.12 bits per heavy atom.